The quantitative estimate of drug-likeness (QED) is 0.553. The fourth-order valence-electron chi connectivity index (χ4n) is 1.03. The van der Waals surface area contributed by atoms with E-state index in [-0.39, 0.29) is 0 Å². The average Bonchev–Trinajstić information content (AvgIpc) is 2.18. The molecule has 0 bridgehead atoms. The molecule has 0 atom stereocenters. The molecule has 0 aliphatic heterocycles. The molecule has 0 radical (unpaired) electrons. The fraction of sp³-hybridized carbons (Fsp3) is 0.0769. The number of thiol groups is 1. The van der Waals surface area contributed by atoms with Crippen LogP contribution in [0, 0.1) is 0 Å². The highest BCUT2D eigenvalue weighted by molar-refractivity contribution is 7.80. The second kappa shape index (κ2) is 6.28. The molecule has 0 spiro atoms. The second-order valence-electron chi connectivity index (χ2n) is 2.86. The Morgan fingerprint density at radius 2 is 1.86 bits per heavy atom. The van der Waals surface area contributed by atoms with Gasteiger partial charge in [0.1, 0.15) is 0 Å². The van der Waals surface area contributed by atoms with Gasteiger partial charge < -0.3 is 0 Å². The Labute approximate surface area is 91.1 Å². The molecule has 0 aromatic heterocycles. The minimum Gasteiger partial charge on any atom is -0.143 e. The summed E-state index contributed by atoms with van der Waals surface area (Å²) in [5.41, 5.74) is 1.17. The van der Waals surface area contributed by atoms with Gasteiger partial charge in [-0.1, -0.05) is 48.6 Å². The minimum absolute atomic E-state index is 0.990. The van der Waals surface area contributed by atoms with E-state index in [1.165, 1.54) is 5.56 Å². The molecule has 0 amide bonds. The molecule has 14 heavy (non-hydrogen) atoms. The maximum atomic E-state index is 4.27. The van der Waals surface area contributed by atoms with Crippen molar-refractivity contribution in [2.24, 2.45) is 0 Å². The van der Waals surface area contributed by atoms with Crippen LogP contribution >= 0.6 is 12.6 Å². The Morgan fingerprint density at radius 1 is 1.07 bits per heavy atom. The summed E-state index contributed by atoms with van der Waals surface area (Å²) in [7, 11) is 0. The van der Waals surface area contributed by atoms with Crippen molar-refractivity contribution in [2.45, 2.75) is 11.8 Å². The van der Waals surface area contributed by atoms with Crippen molar-refractivity contribution in [1.82, 2.24) is 0 Å². The molecule has 1 aromatic carbocycles. The normalized spacial score (nSPS) is 12.1. The van der Waals surface area contributed by atoms with Crippen molar-refractivity contribution in [2.75, 3.05) is 0 Å². The van der Waals surface area contributed by atoms with E-state index in [2.05, 4.69) is 24.8 Å². The molecule has 0 heterocycles. The van der Waals surface area contributed by atoms with Crippen LogP contribution in [0.3, 0.4) is 0 Å². The highest BCUT2D eigenvalue weighted by atomic mass is 32.1. The smallest absolute Gasteiger partial charge is 0.00459 e. The minimum atomic E-state index is 0.990. The number of benzene rings is 1. The average molecular weight is 202 g/mol. The summed E-state index contributed by atoms with van der Waals surface area (Å²) in [4.78, 5) is 0.990. The SMILES string of the molecule is CC=CC=CC=Cc1cccc(S)c1. The molecule has 0 saturated carbocycles. The van der Waals surface area contributed by atoms with Crippen molar-refractivity contribution in [3.63, 3.8) is 0 Å². The lowest BCUT2D eigenvalue weighted by Gasteiger charge is -1.92. The topological polar surface area (TPSA) is 0 Å². The summed E-state index contributed by atoms with van der Waals surface area (Å²) in [5.74, 6) is 0. The van der Waals surface area contributed by atoms with E-state index in [0.29, 0.717) is 0 Å². The Morgan fingerprint density at radius 3 is 2.57 bits per heavy atom. The van der Waals surface area contributed by atoms with Gasteiger partial charge >= 0.3 is 0 Å². The Kier molecular flexibility index (Phi) is 4.87. The van der Waals surface area contributed by atoms with Crippen LogP contribution in [-0.4, -0.2) is 0 Å². The van der Waals surface area contributed by atoms with Gasteiger partial charge in [0.05, 0.1) is 0 Å². The van der Waals surface area contributed by atoms with Gasteiger partial charge in [0.25, 0.3) is 0 Å². The van der Waals surface area contributed by atoms with Gasteiger partial charge in [-0.2, -0.15) is 0 Å². The molecule has 0 saturated heterocycles. The zero-order valence-corrected chi connectivity index (χ0v) is 9.12. The third kappa shape index (κ3) is 4.15. The van der Waals surface area contributed by atoms with E-state index in [1.807, 2.05) is 55.5 Å². The van der Waals surface area contributed by atoms with Gasteiger partial charge in [-0.05, 0) is 24.6 Å². The van der Waals surface area contributed by atoms with Gasteiger partial charge in [0, 0.05) is 4.90 Å². The molecule has 1 rings (SSSR count). The van der Waals surface area contributed by atoms with Crippen LogP contribution in [-0.2, 0) is 0 Å². The molecule has 0 aliphatic rings. The largest absolute Gasteiger partial charge is 0.143 e. The summed E-state index contributed by atoms with van der Waals surface area (Å²) in [6, 6.07) is 8.05. The molecular formula is C13H14S. The molecular weight excluding hydrogens is 188 g/mol. The van der Waals surface area contributed by atoms with Crippen LogP contribution in [0.1, 0.15) is 12.5 Å². The summed E-state index contributed by atoms with van der Waals surface area (Å²) >= 11 is 4.27. The number of hydrogen-bond acceptors (Lipinski definition) is 1. The highest BCUT2D eigenvalue weighted by Crippen LogP contribution is 2.09. The van der Waals surface area contributed by atoms with E-state index in [4.69, 9.17) is 0 Å². The third-order valence-electron chi connectivity index (χ3n) is 1.68. The molecule has 1 aromatic rings. The van der Waals surface area contributed by atoms with Crippen LogP contribution in [0.25, 0.3) is 6.08 Å². The van der Waals surface area contributed by atoms with Crippen LogP contribution in [0.15, 0.2) is 59.5 Å². The van der Waals surface area contributed by atoms with Gasteiger partial charge in [0.2, 0.25) is 0 Å². The highest BCUT2D eigenvalue weighted by Gasteiger charge is 1.85. The predicted octanol–water partition coefficient (Wildman–Crippen LogP) is 4.12. The maximum Gasteiger partial charge on any atom is 0.00459 e. The first-order valence-corrected chi connectivity index (χ1v) is 5.02. The lowest BCUT2D eigenvalue weighted by molar-refractivity contribution is 1.46. The van der Waals surface area contributed by atoms with Crippen LogP contribution in [0.4, 0.5) is 0 Å². The Bertz CT molecular complexity index is 359. The van der Waals surface area contributed by atoms with Gasteiger partial charge in [-0.3, -0.25) is 0 Å². The van der Waals surface area contributed by atoms with Crippen molar-refractivity contribution in [3.8, 4) is 0 Å². The molecule has 0 N–H and O–H groups in total. The van der Waals surface area contributed by atoms with Gasteiger partial charge in [-0.15, -0.1) is 12.6 Å². The molecule has 0 aliphatic carbocycles. The van der Waals surface area contributed by atoms with Crippen LogP contribution in [0.5, 0.6) is 0 Å². The summed E-state index contributed by atoms with van der Waals surface area (Å²) in [6.07, 6.45) is 12.1. The molecule has 0 fully saturated rings. The van der Waals surface area contributed by atoms with Gasteiger partial charge in [-0.25, -0.2) is 0 Å². The first-order valence-electron chi connectivity index (χ1n) is 4.58. The monoisotopic (exact) mass is 202 g/mol. The van der Waals surface area contributed by atoms with Crippen LogP contribution < -0.4 is 0 Å². The molecule has 72 valence electrons. The van der Waals surface area contributed by atoms with E-state index >= 15 is 0 Å². The predicted molar refractivity (Wildman–Crippen MR) is 66.7 cm³/mol. The number of rotatable bonds is 3. The standard InChI is InChI=1S/C13H14S/c1-2-3-4-5-6-8-12-9-7-10-13(14)11-12/h2-11,14H,1H3. The summed E-state index contributed by atoms with van der Waals surface area (Å²) < 4.78 is 0. The summed E-state index contributed by atoms with van der Waals surface area (Å²) in [6.45, 7) is 2.00. The Hall–Kier alpha value is -1.21. The van der Waals surface area contributed by atoms with Crippen molar-refractivity contribution < 1.29 is 0 Å². The summed E-state index contributed by atoms with van der Waals surface area (Å²) in [5, 5.41) is 0. The van der Waals surface area contributed by atoms with Crippen molar-refractivity contribution in [1.29, 1.82) is 0 Å². The van der Waals surface area contributed by atoms with Crippen LogP contribution in [0.2, 0.25) is 0 Å². The lowest BCUT2D eigenvalue weighted by atomic mass is 10.2. The van der Waals surface area contributed by atoms with E-state index in [0.717, 1.165) is 4.90 Å². The second-order valence-corrected chi connectivity index (χ2v) is 3.38. The zero-order chi connectivity index (χ0) is 10.2. The first kappa shape index (κ1) is 10.9. The maximum absolute atomic E-state index is 4.27. The van der Waals surface area contributed by atoms with E-state index in [1.54, 1.807) is 0 Å². The van der Waals surface area contributed by atoms with E-state index < -0.39 is 0 Å². The van der Waals surface area contributed by atoms with Crippen molar-refractivity contribution in [3.05, 3.63) is 60.2 Å². The molecule has 1 heteroatoms. The first-order chi connectivity index (χ1) is 6.83. The fourth-order valence-corrected chi connectivity index (χ4v) is 1.27. The van der Waals surface area contributed by atoms with Crippen molar-refractivity contribution >= 4 is 18.7 Å². The lowest BCUT2D eigenvalue weighted by Crippen LogP contribution is -1.70. The van der Waals surface area contributed by atoms with E-state index in [9.17, 15) is 0 Å². The Balaban J connectivity index is 2.60. The third-order valence-corrected chi connectivity index (χ3v) is 1.96. The molecule has 0 unspecified atom stereocenters. The zero-order valence-electron chi connectivity index (χ0n) is 8.22. The number of allylic oxidation sites excluding steroid dienone is 5. The molecule has 0 nitrogen and oxygen atoms in total. The number of hydrogen-bond donors (Lipinski definition) is 1. The van der Waals surface area contributed by atoms with Gasteiger partial charge in [0.15, 0.2) is 0 Å².